The lowest BCUT2D eigenvalue weighted by Crippen LogP contribution is -2.33. The van der Waals surface area contributed by atoms with E-state index in [1.807, 2.05) is 30.3 Å². The highest BCUT2D eigenvalue weighted by molar-refractivity contribution is 7.89. The van der Waals surface area contributed by atoms with E-state index in [9.17, 15) is 17.9 Å². The third kappa shape index (κ3) is 4.60. The second-order valence-electron chi connectivity index (χ2n) is 4.95. The van der Waals surface area contributed by atoms with Gasteiger partial charge < -0.3 is 5.11 Å². The molecule has 2 rings (SSSR count). The highest BCUT2D eigenvalue weighted by Crippen LogP contribution is 2.14. The molecular formula is C16H15FN2O3S. The molecule has 0 spiro atoms. The Morgan fingerprint density at radius 2 is 1.91 bits per heavy atom. The number of hydrogen-bond donors (Lipinski definition) is 2. The van der Waals surface area contributed by atoms with E-state index < -0.39 is 21.9 Å². The highest BCUT2D eigenvalue weighted by Gasteiger charge is 2.18. The van der Waals surface area contributed by atoms with Gasteiger partial charge in [0.1, 0.15) is 11.9 Å². The molecule has 0 fully saturated rings. The molecule has 23 heavy (non-hydrogen) atoms. The lowest BCUT2D eigenvalue weighted by Gasteiger charge is -2.12. The van der Waals surface area contributed by atoms with E-state index in [1.165, 1.54) is 0 Å². The minimum atomic E-state index is -3.92. The molecule has 5 nitrogen and oxygen atoms in total. The quantitative estimate of drug-likeness (QED) is 0.839. The van der Waals surface area contributed by atoms with Crippen molar-refractivity contribution in [3.8, 4) is 6.07 Å². The van der Waals surface area contributed by atoms with Crippen molar-refractivity contribution in [3.05, 3.63) is 65.5 Å². The summed E-state index contributed by atoms with van der Waals surface area (Å²) < 4.78 is 39.7. The first-order valence-electron chi connectivity index (χ1n) is 6.83. The molecule has 0 radical (unpaired) electrons. The molecule has 0 amide bonds. The molecule has 1 unspecified atom stereocenters. The van der Waals surface area contributed by atoms with Crippen LogP contribution in [0, 0.1) is 17.1 Å². The summed E-state index contributed by atoms with van der Waals surface area (Å²) in [6.45, 7) is -0.184. The molecule has 0 saturated heterocycles. The number of sulfonamides is 1. The van der Waals surface area contributed by atoms with Gasteiger partial charge >= 0.3 is 0 Å². The first kappa shape index (κ1) is 17.1. The lowest BCUT2D eigenvalue weighted by atomic mass is 10.1. The Hall–Kier alpha value is -2.27. The molecule has 2 N–H and O–H groups in total. The Morgan fingerprint density at radius 3 is 2.57 bits per heavy atom. The molecule has 2 aromatic carbocycles. The van der Waals surface area contributed by atoms with E-state index in [0.717, 1.165) is 23.8 Å². The van der Waals surface area contributed by atoms with Crippen LogP contribution in [-0.4, -0.2) is 26.2 Å². The van der Waals surface area contributed by atoms with E-state index in [-0.39, 0.29) is 17.0 Å². The van der Waals surface area contributed by atoms with Crippen molar-refractivity contribution in [2.24, 2.45) is 0 Å². The average molecular weight is 334 g/mol. The van der Waals surface area contributed by atoms with Crippen LogP contribution in [0.2, 0.25) is 0 Å². The molecule has 0 aliphatic heterocycles. The molecule has 0 aliphatic rings. The first-order valence-corrected chi connectivity index (χ1v) is 8.32. The van der Waals surface area contributed by atoms with Crippen LogP contribution in [0.5, 0.6) is 0 Å². The van der Waals surface area contributed by atoms with Gasteiger partial charge in [0, 0.05) is 6.54 Å². The lowest BCUT2D eigenvalue weighted by molar-refractivity contribution is 0.179. The van der Waals surface area contributed by atoms with E-state index >= 15 is 0 Å². The van der Waals surface area contributed by atoms with Gasteiger partial charge in [0.05, 0.1) is 16.6 Å². The second kappa shape index (κ2) is 7.33. The van der Waals surface area contributed by atoms with Gasteiger partial charge in [-0.05, 0) is 30.2 Å². The predicted molar refractivity (Wildman–Crippen MR) is 82.5 cm³/mol. The van der Waals surface area contributed by atoms with Crippen LogP contribution >= 0.6 is 0 Å². The molecular weight excluding hydrogens is 319 g/mol. The van der Waals surface area contributed by atoms with E-state index in [1.54, 1.807) is 6.07 Å². The van der Waals surface area contributed by atoms with Crippen LogP contribution in [0.25, 0.3) is 0 Å². The summed E-state index contributed by atoms with van der Waals surface area (Å²) in [5.41, 5.74) is 0.533. The van der Waals surface area contributed by atoms with Crippen LogP contribution in [0.15, 0.2) is 53.4 Å². The van der Waals surface area contributed by atoms with Crippen molar-refractivity contribution in [3.63, 3.8) is 0 Å². The third-order valence-corrected chi connectivity index (χ3v) is 4.61. The molecule has 0 heterocycles. The van der Waals surface area contributed by atoms with Crippen LogP contribution in [0.4, 0.5) is 4.39 Å². The van der Waals surface area contributed by atoms with Crippen molar-refractivity contribution in [1.29, 1.82) is 5.26 Å². The molecule has 1 atom stereocenters. The van der Waals surface area contributed by atoms with Gasteiger partial charge in [-0.3, -0.25) is 0 Å². The smallest absolute Gasteiger partial charge is 0.240 e. The van der Waals surface area contributed by atoms with Crippen LogP contribution < -0.4 is 4.72 Å². The Morgan fingerprint density at radius 1 is 1.22 bits per heavy atom. The van der Waals surface area contributed by atoms with Gasteiger partial charge in [0.25, 0.3) is 0 Å². The standard InChI is InChI=1S/C16H15FN2O3S/c17-16-7-6-15(9-13(16)10-18)23(21,22)19-11-14(20)8-12-4-2-1-3-5-12/h1-7,9,14,19-20H,8,11H2. The number of rotatable bonds is 6. The zero-order valence-electron chi connectivity index (χ0n) is 12.1. The summed E-state index contributed by atoms with van der Waals surface area (Å²) in [6.07, 6.45) is -0.598. The molecule has 7 heteroatoms. The van der Waals surface area contributed by atoms with Gasteiger partial charge in [-0.15, -0.1) is 0 Å². The molecule has 0 aliphatic carbocycles. The van der Waals surface area contributed by atoms with Gasteiger partial charge in [-0.25, -0.2) is 17.5 Å². The number of nitrogens with zero attached hydrogens (tertiary/aromatic N) is 1. The summed E-state index contributed by atoms with van der Waals surface area (Å²) in [5.74, 6) is -0.782. The van der Waals surface area contributed by atoms with Crippen LogP contribution in [0.1, 0.15) is 11.1 Å². The maximum Gasteiger partial charge on any atom is 0.240 e. The highest BCUT2D eigenvalue weighted by atomic mass is 32.2. The fourth-order valence-corrected chi connectivity index (χ4v) is 3.10. The fraction of sp³-hybridized carbons (Fsp3) is 0.188. The largest absolute Gasteiger partial charge is 0.391 e. The molecule has 0 bridgehead atoms. The van der Waals surface area contributed by atoms with Gasteiger partial charge in [-0.2, -0.15) is 5.26 Å². The van der Waals surface area contributed by atoms with Crippen molar-refractivity contribution in [2.45, 2.75) is 17.4 Å². The summed E-state index contributed by atoms with van der Waals surface area (Å²) in [4.78, 5) is -0.220. The number of benzene rings is 2. The Bertz CT molecular complexity index is 817. The number of halogens is 1. The van der Waals surface area contributed by atoms with Crippen LogP contribution in [-0.2, 0) is 16.4 Å². The maximum atomic E-state index is 13.2. The number of aliphatic hydroxyl groups excluding tert-OH is 1. The van der Waals surface area contributed by atoms with E-state index in [4.69, 9.17) is 5.26 Å². The van der Waals surface area contributed by atoms with Crippen molar-refractivity contribution in [1.82, 2.24) is 4.72 Å². The molecule has 120 valence electrons. The van der Waals surface area contributed by atoms with Crippen molar-refractivity contribution in [2.75, 3.05) is 6.54 Å². The summed E-state index contributed by atoms with van der Waals surface area (Å²) >= 11 is 0. The van der Waals surface area contributed by atoms with E-state index in [2.05, 4.69) is 4.72 Å². The summed E-state index contributed by atoms with van der Waals surface area (Å²) in [7, 11) is -3.92. The van der Waals surface area contributed by atoms with Gasteiger partial charge in [0.15, 0.2) is 0 Å². The normalized spacial score (nSPS) is 12.6. The topological polar surface area (TPSA) is 90.2 Å². The second-order valence-corrected chi connectivity index (χ2v) is 6.72. The Kier molecular flexibility index (Phi) is 5.45. The average Bonchev–Trinajstić information content (AvgIpc) is 2.54. The minimum Gasteiger partial charge on any atom is -0.391 e. The fourth-order valence-electron chi connectivity index (χ4n) is 2.00. The zero-order chi connectivity index (χ0) is 16.9. The number of aliphatic hydroxyl groups is 1. The third-order valence-electron chi connectivity index (χ3n) is 3.19. The van der Waals surface area contributed by atoms with Crippen molar-refractivity contribution >= 4 is 10.0 Å². The predicted octanol–water partition coefficient (Wildman–Crippen LogP) is 1.58. The number of nitrogens with one attached hydrogen (secondary N) is 1. The van der Waals surface area contributed by atoms with Crippen LogP contribution in [0.3, 0.4) is 0 Å². The molecule has 2 aromatic rings. The van der Waals surface area contributed by atoms with Gasteiger partial charge in [0.2, 0.25) is 10.0 Å². The number of hydrogen-bond acceptors (Lipinski definition) is 4. The maximum absolute atomic E-state index is 13.2. The number of nitriles is 1. The monoisotopic (exact) mass is 334 g/mol. The zero-order valence-corrected chi connectivity index (χ0v) is 12.9. The molecule has 0 saturated carbocycles. The van der Waals surface area contributed by atoms with Crippen molar-refractivity contribution < 1.29 is 17.9 Å². The molecule has 0 aromatic heterocycles. The SMILES string of the molecule is N#Cc1cc(S(=O)(=O)NCC(O)Cc2ccccc2)ccc1F. The Labute approximate surface area is 134 Å². The van der Waals surface area contributed by atoms with Gasteiger partial charge in [-0.1, -0.05) is 30.3 Å². The minimum absolute atomic E-state index is 0.184. The summed E-state index contributed by atoms with van der Waals surface area (Å²) in [6, 6.07) is 13.7. The summed E-state index contributed by atoms with van der Waals surface area (Å²) in [5, 5.41) is 18.7. The van der Waals surface area contributed by atoms with E-state index in [0.29, 0.717) is 6.42 Å². The Balaban J connectivity index is 2.03. The first-order chi connectivity index (χ1) is 10.9.